The van der Waals surface area contributed by atoms with Crippen molar-refractivity contribution in [3.8, 4) is 0 Å². The largest absolute Gasteiger partial charge is 0.364 e. The van der Waals surface area contributed by atoms with Gasteiger partial charge in [0.25, 0.3) is 0 Å². The highest BCUT2D eigenvalue weighted by atomic mass is 19.1. The number of halogens is 2. The fraction of sp³-hybridized carbons (Fsp3) is 0.600. The van der Waals surface area contributed by atoms with E-state index >= 15 is 0 Å². The first-order valence-electron chi connectivity index (χ1n) is 6.74. The molecule has 2 atom stereocenters. The second kappa shape index (κ2) is 5.55. The zero-order valence-electron chi connectivity index (χ0n) is 11.7. The minimum absolute atomic E-state index is 0.0321. The Morgan fingerprint density at radius 1 is 1.37 bits per heavy atom. The Bertz CT molecular complexity index is 430. The van der Waals surface area contributed by atoms with Crippen LogP contribution in [-0.4, -0.2) is 18.7 Å². The second-order valence-electron chi connectivity index (χ2n) is 5.92. The van der Waals surface area contributed by atoms with Gasteiger partial charge in [-0.05, 0) is 31.4 Å². The van der Waals surface area contributed by atoms with Gasteiger partial charge in [0.2, 0.25) is 0 Å². The van der Waals surface area contributed by atoms with Crippen molar-refractivity contribution in [1.29, 1.82) is 0 Å². The van der Waals surface area contributed by atoms with Gasteiger partial charge in [0.05, 0.1) is 11.2 Å². The number of ether oxygens (including phenoxy) is 1. The quantitative estimate of drug-likeness (QED) is 0.907. The summed E-state index contributed by atoms with van der Waals surface area (Å²) in [5.41, 5.74) is -0.351. The Morgan fingerprint density at radius 2 is 2.00 bits per heavy atom. The van der Waals surface area contributed by atoms with Crippen molar-refractivity contribution in [2.24, 2.45) is 5.92 Å². The van der Waals surface area contributed by atoms with Crippen molar-refractivity contribution in [2.45, 2.75) is 38.9 Å². The van der Waals surface area contributed by atoms with Crippen LogP contribution in [0.2, 0.25) is 0 Å². The van der Waals surface area contributed by atoms with Gasteiger partial charge in [-0.2, -0.15) is 0 Å². The standard InChI is InChI=1S/C15H21F2NO/c1-10(2)7-15(3)9-18-8-13(19-15)14-11(16)5-4-6-12(14)17/h4-6,10,13,18H,7-9H2,1-3H3. The van der Waals surface area contributed by atoms with Gasteiger partial charge < -0.3 is 10.1 Å². The summed E-state index contributed by atoms with van der Waals surface area (Å²) in [4.78, 5) is 0. The molecule has 1 aliphatic rings. The first kappa shape index (κ1) is 14.4. The van der Waals surface area contributed by atoms with E-state index in [9.17, 15) is 8.78 Å². The molecule has 0 spiro atoms. The molecule has 2 rings (SSSR count). The van der Waals surface area contributed by atoms with Gasteiger partial charge in [0.15, 0.2) is 0 Å². The van der Waals surface area contributed by atoms with Gasteiger partial charge in [0, 0.05) is 13.1 Å². The molecular formula is C15H21F2NO. The van der Waals surface area contributed by atoms with Crippen molar-refractivity contribution < 1.29 is 13.5 Å². The molecule has 1 aromatic rings. The minimum Gasteiger partial charge on any atom is -0.364 e. The van der Waals surface area contributed by atoms with E-state index < -0.39 is 17.7 Å². The first-order chi connectivity index (χ1) is 8.91. The monoisotopic (exact) mass is 269 g/mol. The normalized spacial score (nSPS) is 27.8. The molecular weight excluding hydrogens is 248 g/mol. The van der Waals surface area contributed by atoms with Crippen molar-refractivity contribution in [2.75, 3.05) is 13.1 Å². The maximum atomic E-state index is 13.8. The van der Waals surface area contributed by atoms with Crippen LogP contribution in [0.3, 0.4) is 0 Å². The van der Waals surface area contributed by atoms with Crippen LogP contribution in [0.5, 0.6) is 0 Å². The summed E-state index contributed by atoms with van der Waals surface area (Å²) in [5, 5.41) is 3.23. The summed E-state index contributed by atoms with van der Waals surface area (Å²) >= 11 is 0. The number of hydrogen-bond donors (Lipinski definition) is 1. The highest BCUT2D eigenvalue weighted by Crippen LogP contribution is 2.33. The molecule has 1 saturated heterocycles. The highest BCUT2D eigenvalue weighted by Gasteiger charge is 2.36. The Labute approximate surface area is 113 Å². The zero-order valence-corrected chi connectivity index (χ0v) is 11.7. The molecule has 0 amide bonds. The summed E-state index contributed by atoms with van der Waals surface area (Å²) in [6, 6.07) is 3.92. The SMILES string of the molecule is CC(C)CC1(C)CNCC(c2c(F)cccc2F)O1. The first-order valence-corrected chi connectivity index (χ1v) is 6.74. The average Bonchev–Trinajstić information content (AvgIpc) is 2.26. The van der Waals surface area contributed by atoms with E-state index in [0.717, 1.165) is 6.42 Å². The van der Waals surface area contributed by atoms with Crippen LogP contribution >= 0.6 is 0 Å². The predicted octanol–water partition coefficient (Wildman–Crippen LogP) is 3.43. The van der Waals surface area contributed by atoms with E-state index in [4.69, 9.17) is 4.74 Å². The molecule has 4 heteroatoms. The average molecular weight is 269 g/mol. The van der Waals surface area contributed by atoms with Crippen LogP contribution in [0, 0.1) is 17.6 Å². The molecule has 106 valence electrons. The van der Waals surface area contributed by atoms with Crippen LogP contribution in [-0.2, 0) is 4.74 Å². The number of morpholine rings is 1. The lowest BCUT2D eigenvalue weighted by Gasteiger charge is -2.40. The fourth-order valence-corrected chi connectivity index (χ4v) is 2.86. The topological polar surface area (TPSA) is 21.3 Å². The molecule has 1 heterocycles. The molecule has 2 nitrogen and oxygen atoms in total. The van der Waals surface area contributed by atoms with Crippen molar-refractivity contribution >= 4 is 0 Å². The van der Waals surface area contributed by atoms with Gasteiger partial charge in [-0.3, -0.25) is 0 Å². The number of rotatable bonds is 3. The summed E-state index contributed by atoms with van der Waals surface area (Å²) in [7, 11) is 0. The van der Waals surface area contributed by atoms with E-state index in [1.54, 1.807) is 0 Å². The predicted molar refractivity (Wildman–Crippen MR) is 70.9 cm³/mol. The third-order valence-corrected chi connectivity index (χ3v) is 3.42. The van der Waals surface area contributed by atoms with E-state index in [2.05, 4.69) is 19.2 Å². The summed E-state index contributed by atoms with van der Waals surface area (Å²) < 4.78 is 33.6. The molecule has 19 heavy (non-hydrogen) atoms. The highest BCUT2D eigenvalue weighted by molar-refractivity contribution is 5.23. The van der Waals surface area contributed by atoms with Crippen molar-refractivity contribution in [3.63, 3.8) is 0 Å². The van der Waals surface area contributed by atoms with E-state index in [1.807, 2.05) is 6.92 Å². The Kier molecular flexibility index (Phi) is 4.21. The van der Waals surface area contributed by atoms with Crippen LogP contribution in [0.25, 0.3) is 0 Å². The van der Waals surface area contributed by atoms with Gasteiger partial charge in [-0.15, -0.1) is 0 Å². The maximum absolute atomic E-state index is 13.8. The number of hydrogen-bond acceptors (Lipinski definition) is 2. The third-order valence-electron chi connectivity index (χ3n) is 3.42. The van der Waals surface area contributed by atoms with Crippen LogP contribution < -0.4 is 5.32 Å². The number of benzene rings is 1. The van der Waals surface area contributed by atoms with Gasteiger partial charge in [0.1, 0.15) is 17.7 Å². The zero-order chi connectivity index (χ0) is 14.0. The summed E-state index contributed by atoms with van der Waals surface area (Å²) in [6.07, 6.45) is 0.283. The lowest BCUT2D eigenvalue weighted by atomic mass is 9.91. The lowest BCUT2D eigenvalue weighted by molar-refractivity contribution is -0.119. The van der Waals surface area contributed by atoms with Gasteiger partial charge >= 0.3 is 0 Å². The smallest absolute Gasteiger partial charge is 0.132 e. The minimum atomic E-state index is -0.571. The fourth-order valence-electron chi connectivity index (χ4n) is 2.86. The molecule has 1 aromatic carbocycles. The number of nitrogens with one attached hydrogen (secondary N) is 1. The van der Waals surface area contributed by atoms with E-state index in [1.165, 1.54) is 18.2 Å². The second-order valence-corrected chi connectivity index (χ2v) is 5.92. The van der Waals surface area contributed by atoms with Crippen LogP contribution in [0.15, 0.2) is 18.2 Å². The Hall–Kier alpha value is -1.00. The van der Waals surface area contributed by atoms with Gasteiger partial charge in [-0.25, -0.2) is 8.78 Å². The molecule has 1 aliphatic heterocycles. The molecule has 1 N–H and O–H groups in total. The molecule has 0 saturated carbocycles. The molecule has 0 bridgehead atoms. The third kappa shape index (κ3) is 3.31. The maximum Gasteiger partial charge on any atom is 0.132 e. The van der Waals surface area contributed by atoms with E-state index in [0.29, 0.717) is 19.0 Å². The van der Waals surface area contributed by atoms with Crippen LogP contribution in [0.1, 0.15) is 38.9 Å². The van der Waals surface area contributed by atoms with Crippen LogP contribution in [0.4, 0.5) is 8.78 Å². The van der Waals surface area contributed by atoms with E-state index in [-0.39, 0.29) is 11.2 Å². The van der Waals surface area contributed by atoms with Crippen molar-refractivity contribution in [1.82, 2.24) is 5.32 Å². The molecule has 0 radical (unpaired) electrons. The molecule has 0 aliphatic carbocycles. The molecule has 0 aromatic heterocycles. The molecule has 1 fully saturated rings. The molecule has 2 unspecified atom stereocenters. The summed E-state index contributed by atoms with van der Waals surface area (Å²) in [5.74, 6) is -0.614. The van der Waals surface area contributed by atoms with Crippen molar-refractivity contribution in [3.05, 3.63) is 35.4 Å². The summed E-state index contributed by atoms with van der Waals surface area (Å²) in [6.45, 7) is 7.36. The lowest BCUT2D eigenvalue weighted by Crippen LogP contribution is -2.49. The Morgan fingerprint density at radius 3 is 2.58 bits per heavy atom. The van der Waals surface area contributed by atoms with Gasteiger partial charge in [-0.1, -0.05) is 19.9 Å². The Balaban J connectivity index is 2.22.